The number of imidazole rings is 1. The number of halogens is 2. The van der Waals surface area contributed by atoms with Gasteiger partial charge in [-0.25, -0.2) is 18.7 Å². The first-order chi connectivity index (χ1) is 18.2. The molecule has 4 N–H and O–H groups in total. The fraction of sp³-hybridized carbons (Fsp3) is 0.250. The van der Waals surface area contributed by atoms with E-state index < -0.39 is 30.1 Å². The van der Waals surface area contributed by atoms with Gasteiger partial charge in [0.25, 0.3) is 5.91 Å². The van der Waals surface area contributed by atoms with Crippen LogP contribution in [0.1, 0.15) is 18.3 Å². The molecule has 200 valence electrons. The molecule has 4 rings (SSSR count). The van der Waals surface area contributed by atoms with E-state index in [-0.39, 0.29) is 63.0 Å². The number of rotatable bonds is 10. The number of aromatic nitrogens is 4. The van der Waals surface area contributed by atoms with Crippen LogP contribution in [0.4, 0.5) is 4.39 Å². The van der Waals surface area contributed by atoms with E-state index in [0.29, 0.717) is 0 Å². The van der Waals surface area contributed by atoms with Crippen LogP contribution >= 0.6 is 11.6 Å². The first kappa shape index (κ1) is 26.7. The van der Waals surface area contributed by atoms with Gasteiger partial charge in [-0.15, -0.1) is 0 Å². The van der Waals surface area contributed by atoms with Crippen molar-refractivity contribution in [1.29, 1.82) is 0 Å². The normalized spacial score (nSPS) is 11.8. The number of H-pyrrole nitrogens is 1. The van der Waals surface area contributed by atoms with Crippen molar-refractivity contribution in [2.75, 3.05) is 14.2 Å². The molecule has 0 fully saturated rings. The maximum absolute atomic E-state index is 14.5. The van der Waals surface area contributed by atoms with Crippen molar-refractivity contribution in [2.45, 2.75) is 26.2 Å². The van der Waals surface area contributed by atoms with Gasteiger partial charge in [0.05, 0.1) is 30.5 Å². The van der Waals surface area contributed by atoms with Gasteiger partial charge in [-0.2, -0.15) is 4.98 Å². The number of hydrogen-bond donors (Lipinski definition) is 3. The van der Waals surface area contributed by atoms with Crippen molar-refractivity contribution in [3.05, 3.63) is 63.0 Å². The molecule has 2 heterocycles. The van der Waals surface area contributed by atoms with Crippen LogP contribution < -0.4 is 30.4 Å². The second kappa shape index (κ2) is 10.9. The van der Waals surface area contributed by atoms with E-state index >= 15 is 0 Å². The highest BCUT2D eigenvalue weighted by atomic mass is 35.5. The molecule has 0 saturated carbocycles. The van der Waals surface area contributed by atoms with Crippen LogP contribution in [-0.2, 0) is 18.0 Å². The summed E-state index contributed by atoms with van der Waals surface area (Å²) in [6.07, 6.45) is -1.07. The number of aliphatic hydroxyl groups excluding tert-OH is 1. The summed E-state index contributed by atoms with van der Waals surface area (Å²) in [4.78, 5) is 35.5. The van der Waals surface area contributed by atoms with Gasteiger partial charge in [0, 0.05) is 12.1 Å². The lowest BCUT2D eigenvalue weighted by molar-refractivity contribution is -0.124. The first-order valence-electron chi connectivity index (χ1n) is 11.1. The molecule has 1 unspecified atom stereocenters. The van der Waals surface area contributed by atoms with Crippen molar-refractivity contribution in [2.24, 2.45) is 5.73 Å². The molecule has 12 nitrogen and oxygen atoms in total. The Morgan fingerprint density at radius 2 is 1.97 bits per heavy atom. The number of carbonyl (C=O) groups excluding carboxylic acids is 1. The Labute approximate surface area is 219 Å². The second-order valence-corrected chi connectivity index (χ2v) is 8.30. The number of ether oxygens (including phenoxy) is 4. The fourth-order valence-corrected chi connectivity index (χ4v) is 3.85. The summed E-state index contributed by atoms with van der Waals surface area (Å²) < 4.78 is 37.6. The molecule has 0 spiro atoms. The third-order valence-corrected chi connectivity index (χ3v) is 5.81. The Balaban J connectivity index is 1.88. The molecule has 1 atom stereocenters. The highest BCUT2D eigenvalue weighted by Gasteiger charge is 2.23. The average molecular weight is 548 g/mol. The molecule has 0 radical (unpaired) electrons. The third kappa shape index (κ3) is 5.06. The lowest BCUT2D eigenvalue weighted by atomic mass is 10.2. The molecule has 2 aromatic carbocycles. The number of primary amides is 1. The number of carbonyl (C=O) groups is 1. The zero-order valence-electron chi connectivity index (χ0n) is 20.4. The highest BCUT2D eigenvalue weighted by molar-refractivity contribution is 6.32. The van der Waals surface area contributed by atoms with Crippen LogP contribution in [-0.4, -0.2) is 50.9 Å². The third-order valence-electron chi connectivity index (χ3n) is 5.51. The van der Waals surface area contributed by atoms with Crippen LogP contribution in [0.15, 0.2) is 35.1 Å². The van der Waals surface area contributed by atoms with Crippen LogP contribution in [0.2, 0.25) is 5.02 Å². The van der Waals surface area contributed by atoms with Crippen molar-refractivity contribution in [1.82, 2.24) is 19.5 Å². The summed E-state index contributed by atoms with van der Waals surface area (Å²) in [7, 11) is 2.74. The molecule has 0 aliphatic heterocycles. The Bertz CT molecular complexity index is 1570. The summed E-state index contributed by atoms with van der Waals surface area (Å²) in [5.74, 6) is -1.02. The van der Waals surface area contributed by atoms with Crippen LogP contribution in [0.25, 0.3) is 16.9 Å². The largest absolute Gasteiger partial charge is 0.496 e. The number of benzene rings is 2. The quantitative estimate of drug-likeness (QED) is 0.270. The maximum Gasteiger partial charge on any atom is 0.332 e. The lowest BCUT2D eigenvalue weighted by Crippen LogP contribution is -2.30. The van der Waals surface area contributed by atoms with Crippen LogP contribution in [0.5, 0.6) is 23.1 Å². The lowest BCUT2D eigenvalue weighted by Gasteiger charge is -2.19. The van der Waals surface area contributed by atoms with Gasteiger partial charge in [0.15, 0.2) is 29.1 Å². The number of amides is 1. The maximum atomic E-state index is 14.5. The topological polar surface area (TPSA) is 164 Å². The summed E-state index contributed by atoms with van der Waals surface area (Å²) in [6.45, 7) is 0.610. The van der Waals surface area contributed by atoms with Gasteiger partial charge >= 0.3 is 5.69 Å². The van der Waals surface area contributed by atoms with Crippen LogP contribution in [0.3, 0.4) is 0 Å². The van der Waals surface area contributed by atoms with E-state index in [1.54, 1.807) is 6.07 Å². The minimum atomic E-state index is -1.07. The van der Waals surface area contributed by atoms with Crippen molar-refractivity contribution >= 4 is 28.7 Å². The van der Waals surface area contributed by atoms with E-state index in [2.05, 4.69) is 15.0 Å². The van der Waals surface area contributed by atoms with Crippen LogP contribution in [0, 0.1) is 5.82 Å². The van der Waals surface area contributed by atoms with E-state index in [9.17, 15) is 19.1 Å². The number of aromatic amines is 1. The minimum absolute atomic E-state index is 0.00317. The predicted molar refractivity (Wildman–Crippen MR) is 134 cm³/mol. The zero-order chi connectivity index (χ0) is 27.6. The van der Waals surface area contributed by atoms with E-state index in [0.717, 1.165) is 4.57 Å². The average Bonchev–Trinajstić information content (AvgIpc) is 3.23. The van der Waals surface area contributed by atoms with Crippen molar-refractivity contribution in [3.8, 4) is 28.8 Å². The molecule has 0 aliphatic rings. The summed E-state index contributed by atoms with van der Waals surface area (Å²) in [5, 5.41) is 9.59. The van der Waals surface area contributed by atoms with Crippen molar-refractivity contribution in [3.63, 3.8) is 0 Å². The molecular formula is C24H23ClFN5O7. The number of nitrogens with two attached hydrogens (primary N) is 1. The Hall–Kier alpha value is -4.36. The molecule has 0 aliphatic carbocycles. The Kier molecular flexibility index (Phi) is 7.69. The number of aliphatic hydroxyl groups is 1. The van der Waals surface area contributed by atoms with Crippen molar-refractivity contribution < 1.29 is 33.2 Å². The second-order valence-electron chi connectivity index (χ2n) is 7.89. The van der Waals surface area contributed by atoms with Gasteiger partial charge < -0.3 is 29.8 Å². The monoisotopic (exact) mass is 547 g/mol. The molecule has 14 heteroatoms. The van der Waals surface area contributed by atoms with E-state index in [1.807, 2.05) is 0 Å². The fourth-order valence-electron chi connectivity index (χ4n) is 3.61. The number of methoxy groups -OCH3 is 2. The molecular weight excluding hydrogens is 525 g/mol. The number of fused-ring (bicyclic) bond motifs is 1. The highest BCUT2D eigenvalue weighted by Crippen LogP contribution is 2.38. The number of nitrogens with zero attached hydrogens (tertiary/aromatic N) is 3. The van der Waals surface area contributed by atoms with E-state index in [4.69, 9.17) is 36.3 Å². The summed E-state index contributed by atoms with van der Waals surface area (Å²) in [6, 6.07) is 6.99. The molecule has 4 aromatic rings. The molecule has 1 amide bonds. The first-order valence-corrected chi connectivity index (χ1v) is 11.5. The Morgan fingerprint density at radius 3 is 2.63 bits per heavy atom. The minimum Gasteiger partial charge on any atom is -0.496 e. The molecule has 0 bridgehead atoms. The van der Waals surface area contributed by atoms with Gasteiger partial charge in [-0.05, 0) is 19.1 Å². The Morgan fingerprint density at radius 1 is 1.21 bits per heavy atom. The van der Waals surface area contributed by atoms with E-state index in [1.165, 1.54) is 45.4 Å². The zero-order valence-corrected chi connectivity index (χ0v) is 21.2. The van der Waals surface area contributed by atoms with Gasteiger partial charge in [0.2, 0.25) is 5.88 Å². The number of nitrogens with one attached hydrogen (secondary N) is 1. The van der Waals surface area contributed by atoms with Gasteiger partial charge in [-0.1, -0.05) is 17.7 Å². The molecule has 2 aromatic heterocycles. The summed E-state index contributed by atoms with van der Waals surface area (Å²) >= 11 is 6.54. The SMILES string of the molecule is COc1cccc(F)c1COc1cc(-n2c(=O)[nH]c3c(OC)nc(CO)nc32)c(Cl)cc1OC(C)C(N)=O. The smallest absolute Gasteiger partial charge is 0.332 e. The van der Waals surface area contributed by atoms with Gasteiger partial charge in [-0.3, -0.25) is 9.78 Å². The number of hydrogen-bond acceptors (Lipinski definition) is 9. The summed E-state index contributed by atoms with van der Waals surface area (Å²) in [5.41, 5.74) is 5.13. The molecule has 0 saturated heterocycles. The van der Waals surface area contributed by atoms with Gasteiger partial charge in [0.1, 0.15) is 30.3 Å². The molecule has 38 heavy (non-hydrogen) atoms. The predicted octanol–water partition coefficient (Wildman–Crippen LogP) is 2.24. The standard InChI is InChI=1S/C24H23ClFN5O7/c1-11(21(27)33)38-18-7-13(25)15(8-17(18)37-10-12-14(26)5-4-6-16(12)35-2)31-22-20(30-24(31)34)23(36-3)29-19(9-32)28-22/h4-8,11,32H,9-10H2,1-3H3,(H2,27,33)(H,30,34).